The first-order valence-electron chi connectivity index (χ1n) is 14.4. The second kappa shape index (κ2) is 14.4. The first-order valence-corrected chi connectivity index (χ1v) is 14.4. The van der Waals surface area contributed by atoms with E-state index in [9.17, 15) is 24.6 Å². The number of aliphatic hydroxyl groups excluding tert-OH is 2. The van der Waals surface area contributed by atoms with Crippen molar-refractivity contribution in [1.82, 2.24) is 0 Å². The highest BCUT2D eigenvalue weighted by Crippen LogP contribution is 2.27. The van der Waals surface area contributed by atoms with Crippen molar-refractivity contribution in [2.45, 2.75) is 72.2 Å². The van der Waals surface area contributed by atoms with Crippen molar-refractivity contribution in [3.8, 4) is 0 Å². The molecule has 0 spiro atoms. The van der Waals surface area contributed by atoms with Crippen molar-refractivity contribution in [2.24, 2.45) is 0 Å². The molecule has 0 aromatic heterocycles. The van der Waals surface area contributed by atoms with Gasteiger partial charge in [-0.1, -0.05) is 18.2 Å². The predicted octanol–water partition coefficient (Wildman–Crippen LogP) is 5.40. The van der Waals surface area contributed by atoms with Gasteiger partial charge in [0, 0.05) is 17.1 Å². The minimum atomic E-state index is -1.85. The zero-order chi connectivity index (χ0) is 32.8. The van der Waals surface area contributed by atoms with Crippen LogP contribution in [0.1, 0.15) is 33.4 Å². The van der Waals surface area contributed by atoms with Gasteiger partial charge in [0.2, 0.25) is 0 Å². The summed E-state index contributed by atoms with van der Waals surface area (Å²) < 4.78 is 21.7. The van der Waals surface area contributed by atoms with E-state index < -0.39 is 55.6 Å². The minimum absolute atomic E-state index is 0.438. The minimum Gasteiger partial charge on any atom is -0.446 e. The molecule has 5 N–H and O–H groups in total. The molecule has 1 fully saturated rings. The largest absolute Gasteiger partial charge is 0.446 e. The molecule has 1 aliphatic heterocycles. The summed E-state index contributed by atoms with van der Waals surface area (Å²) in [6.45, 7) is 10.7. The van der Waals surface area contributed by atoms with Crippen LogP contribution in [-0.2, 0) is 18.9 Å². The zero-order valence-electron chi connectivity index (χ0n) is 26.0. The summed E-state index contributed by atoms with van der Waals surface area (Å²) in [6.07, 6.45) is -10.9. The van der Waals surface area contributed by atoms with Gasteiger partial charge in [-0.15, -0.1) is 0 Å². The molecule has 4 rings (SSSR count). The number of amides is 3. The fraction of sp³-hybridized carbons (Fsp3) is 0.364. The zero-order valence-corrected chi connectivity index (χ0v) is 26.0. The molecule has 1 saturated heterocycles. The lowest BCUT2D eigenvalue weighted by Crippen LogP contribution is -2.61. The first-order chi connectivity index (χ1) is 21.2. The highest BCUT2D eigenvalue weighted by molar-refractivity contribution is 5.86. The average Bonchev–Trinajstić information content (AvgIpc) is 2.90. The quantitative estimate of drug-likeness (QED) is 0.217. The van der Waals surface area contributed by atoms with Crippen molar-refractivity contribution in [3.05, 3.63) is 88.0 Å². The molecule has 0 radical (unpaired) electrons. The van der Waals surface area contributed by atoms with Crippen LogP contribution in [0.5, 0.6) is 0 Å². The summed E-state index contributed by atoms with van der Waals surface area (Å²) in [5.41, 5.74) is 6.85. The van der Waals surface area contributed by atoms with Gasteiger partial charge in [-0.05, 0) is 111 Å². The highest BCUT2D eigenvalue weighted by atomic mass is 16.7. The molecule has 5 atom stereocenters. The van der Waals surface area contributed by atoms with Crippen LogP contribution in [0, 0.1) is 41.5 Å². The van der Waals surface area contributed by atoms with Crippen LogP contribution in [0.4, 0.5) is 31.4 Å². The van der Waals surface area contributed by atoms with Crippen molar-refractivity contribution < 1.29 is 43.5 Å². The Morgan fingerprint density at radius 1 is 0.600 bits per heavy atom. The van der Waals surface area contributed by atoms with Crippen molar-refractivity contribution in [1.29, 1.82) is 0 Å². The molecule has 240 valence electrons. The molecular weight excluding hydrogens is 582 g/mol. The molecule has 0 saturated carbocycles. The predicted molar refractivity (Wildman–Crippen MR) is 167 cm³/mol. The number of anilines is 3. The number of aryl methyl sites for hydroxylation is 6. The van der Waals surface area contributed by atoms with Crippen molar-refractivity contribution >= 4 is 35.3 Å². The number of nitrogens with one attached hydrogen (secondary N) is 3. The Kier molecular flexibility index (Phi) is 10.7. The van der Waals surface area contributed by atoms with Crippen LogP contribution in [0.15, 0.2) is 54.6 Å². The number of aliphatic hydroxyl groups is 2. The van der Waals surface area contributed by atoms with E-state index in [4.69, 9.17) is 18.9 Å². The van der Waals surface area contributed by atoms with Gasteiger partial charge in [0.15, 0.2) is 18.5 Å². The summed E-state index contributed by atoms with van der Waals surface area (Å²) in [5.74, 6) is 0. The molecule has 3 aromatic carbocycles. The molecule has 0 unspecified atom stereocenters. The number of hydrogen-bond donors (Lipinski definition) is 5. The molecule has 0 aliphatic carbocycles. The summed E-state index contributed by atoms with van der Waals surface area (Å²) in [5, 5.41) is 29.8. The van der Waals surface area contributed by atoms with Gasteiger partial charge in [0.1, 0.15) is 18.8 Å². The molecule has 3 amide bonds. The molecular formula is C33H39N3O9. The van der Waals surface area contributed by atoms with E-state index in [-0.39, 0.29) is 0 Å². The van der Waals surface area contributed by atoms with E-state index in [1.165, 1.54) is 0 Å². The van der Waals surface area contributed by atoms with Crippen molar-refractivity contribution in [2.75, 3.05) is 22.6 Å². The molecule has 45 heavy (non-hydrogen) atoms. The van der Waals surface area contributed by atoms with Crippen LogP contribution >= 0.6 is 0 Å². The van der Waals surface area contributed by atoms with Crippen LogP contribution in [0.2, 0.25) is 0 Å². The van der Waals surface area contributed by atoms with Crippen LogP contribution < -0.4 is 16.0 Å². The van der Waals surface area contributed by atoms with E-state index in [0.717, 1.165) is 33.4 Å². The second-order valence-electron chi connectivity index (χ2n) is 11.4. The molecule has 12 heteroatoms. The van der Waals surface area contributed by atoms with E-state index in [2.05, 4.69) is 16.0 Å². The fourth-order valence-corrected chi connectivity index (χ4v) is 5.30. The van der Waals surface area contributed by atoms with Gasteiger partial charge >= 0.3 is 18.3 Å². The summed E-state index contributed by atoms with van der Waals surface area (Å²) in [4.78, 5) is 38.3. The lowest BCUT2D eigenvalue weighted by atomic mass is 9.99. The monoisotopic (exact) mass is 621 g/mol. The third-order valence-electron chi connectivity index (χ3n) is 6.91. The Labute approximate surface area is 261 Å². The maximum absolute atomic E-state index is 13.0. The Morgan fingerprint density at radius 3 is 1.36 bits per heavy atom. The third-order valence-corrected chi connectivity index (χ3v) is 6.91. The topological polar surface area (TPSA) is 165 Å². The lowest BCUT2D eigenvalue weighted by molar-refractivity contribution is -0.283. The van der Waals surface area contributed by atoms with Crippen molar-refractivity contribution in [3.63, 3.8) is 0 Å². The van der Waals surface area contributed by atoms with Crippen LogP contribution in [0.25, 0.3) is 0 Å². The van der Waals surface area contributed by atoms with E-state index in [0.29, 0.717) is 17.1 Å². The van der Waals surface area contributed by atoms with Gasteiger partial charge in [-0.2, -0.15) is 0 Å². The Balaban J connectivity index is 1.48. The van der Waals surface area contributed by atoms with Gasteiger partial charge in [-0.25, -0.2) is 14.4 Å². The highest BCUT2D eigenvalue weighted by Gasteiger charge is 2.50. The number of ether oxygens (including phenoxy) is 4. The summed E-state index contributed by atoms with van der Waals surface area (Å²) >= 11 is 0. The SMILES string of the molecule is Cc1cc(C)cc(NC(=O)OC[C@H]2O[C@@H](O)[C@H](OC(=O)Nc3cc(C)cc(C)c3)[C@@H](OC(=O)Nc3cc(C)cc(C)c3)[C@@H]2O)c1. The number of rotatable bonds is 7. The summed E-state index contributed by atoms with van der Waals surface area (Å²) in [6, 6.07) is 16.2. The number of carbonyl (C=O) groups excluding carboxylic acids is 3. The number of hydrogen-bond acceptors (Lipinski definition) is 9. The normalized spacial score (nSPS) is 20.9. The molecule has 12 nitrogen and oxygen atoms in total. The average molecular weight is 622 g/mol. The molecule has 1 aliphatic rings. The number of benzene rings is 3. The van der Waals surface area contributed by atoms with Gasteiger partial charge in [-0.3, -0.25) is 16.0 Å². The Bertz CT molecular complexity index is 1500. The standard InChI is InChI=1S/C33H39N3O9/c1-17-7-18(2)11-23(10-17)34-31(39)42-16-26-27(37)28(44-32(40)35-24-12-19(3)8-20(4)13-24)29(30(38)43-26)45-33(41)36-25-14-21(5)9-22(6)15-25/h7-15,26-30,37-38H,16H2,1-6H3,(H,34,39)(H,35,40)(H,36,41)/t26-,27-,28+,29-,30-/m1/s1. The summed E-state index contributed by atoms with van der Waals surface area (Å²) in [7, 11) is 0. The first kappa shape index (κ1) is 33.2. The van der Waals surface area contributed by atoms with Crippen LogP contribution in [-0.4, -0.2) is 65.8 Å². The number of carbonyl (C=O) groups is 3. The maximum atomic E-state index is 13.0. The lowest BCUT2D eigenvalue weighted by Gasteiger charge is -2.41. The third kappa shape index (κ3) is 9.42. The van der Waals surface area contributed by atoms with Gasteiger partial charge in [0.05, 0.1) is 0 Å². The molecule has 1 heterocycles. The van der Waals surface area contributed by atoms with Gasteiger partial charge in [0.25, 0.3) is 0 Å². The smallest absolute Gasteiger partial charge is 0.412 e. The van der Waals surface area contributed by atoms with Gasteiger partial charge < -0.3 is 29.2 Å². The molecule has 3 aromatic rings. The maximum Gasteiger partial charge on any atom is 0.412 e. The van der Waals surface area contributed by atoms with Crippen LogP contribution in [0.3, 0.4) is 0 Å². The second-order valence-corrected chi connectivity index (χ2v) is 11.4. The van der Waals surface area contributed by atoms with E-state index in [1.54, 1.807) is 36.4 Å². The fourth-order valence-electron chi connectivity index (χ4n) is 5.30. The van der Waals surface area contributed by atoms with E-state index >= 15 is 0 Å². The Morgan fingerprint density at radius 2 is 0.956 bits per heavy atom. The Hall–Kier alpha value is -4.65. The molecule has 0 bridgehead atoms. The van der Waals surface area contributed by atoms with E-state index in [1.807, 2.05) is 59.7 Å².